The molecule has 0 spiro atoms. The summed E-state index contributed by atoms with van der Waals surface area (Å²) in [6, 6.07) is 4.90. The maximum Gasteiger partial charge on any atom is 0.255 e. The van der Waals surface area contributed by atoms with E-state index in [-0.39, 0.29) is 6.04 Å². The third-order valence-corrected chi connectivity index (χ3v) is 3.94. The number of aliphatic imine (C=N–C) groups is 1. The highest BCUT2D eigenvalue weighted by Gasteiger charge is 2.06. The first-order valence-electron chi connectivity index (χ1n) is 5.90. The molecule has 1 rings (SSSR count). The van der Waals surface area contributed by atoms with Gasteiger partial charge in [0.05, 0.1) is 15.5 Å². The number of rotatable bonds is 4. The van der Waals surface area contributed by atoms with Crippen molar-refractivity contribution in [2.75, 3.05) is 0 Å². The molecule has 0 aliphatic heterocycles. The summed E-state index contributed by atoms with van der Waals surface area (Å²) in [4.78, 5) is 4.10. The van der Waals surface area contributed by atoms with Gasteiger partial charge in [0, 0.05) is 6.04 Å². The predicted molar refractivity (Wildman–Crippen MR) is 85.8 cm³/mol. The van der Waals surface area contributed by atoms with Crippen LogP contribution in [0, 0.1) is 0 Å². The number of hydrogen-bond donors (Lipinski definition) is 1. The lowest BCUT2D eigenvalue weighted by Gasteiger charge is -2.05. The van der Waals surface area contributed by atoms with Crippen molar-refractivity contribution >= 4 is 45.1 Å². The van der Waals surface area contributed by atoms with Crippen LogP contribution in [0.5, 0.6) is 0 Å². The fourth-order valence-corrected chi connectivity index (χ4v) is 2.61. The van der Waals surface area contributed by atoms with E-state index in [1.807, 2.05) is 13.8 Å². The number of hydrogen-bond acceptors (Lipinski definition) is 3. The Morgan fingerprint density at radius 1 is 1.30 bits per heavy atom. The lowest BCUT2D eigenvalue weighted by molar-refractivity contribution is 0.601. The van der Waals surface area contributed by atoms with Crippen LogP contribution in [0.25, 0.3) is 6.08 Å². The number of sulfonamides is 1. The van der Waals surface area contributed by atoms with Crippen molar-refractivity contribution in [2.24, 2.45) is 4.99 Å². The summed E-state index contributed by atoms with van der Waals surface area (Å²) in [7, 11) is -3.59. The Bertz CT molecular complexity index is 638. The van der Waals surface area contributed by atoms with Crippen LogP contribution in [0.1, 0.15) is 26.3 Å². The van der Waals surface area contributed by atoms with Crippen molar-refractivity contribution in [3.05, 3.63) is 39.2 Å². The third kappa shape index (κ3) is 5.94. The largest absolute Gasteiger partial charge is 0.269 e. The molecule has 0 aliphatic rings. The lowest BCUT2D eigenvalue weighted by atomic mass is 10.2. The van der Waals surface area contributed by atoms with E-state index in [0.29, 0.717) is 21.4 Å². The first-order chi connectivity index (χ1) is 9.19. The van der Waals surface area contributed by atoms with Gasteiger partial charge < -0.3 is 0 Å². The maximum atomic E-state index is 11.8. The van der Waals surface area contributed by atoms with E-state index in [1.54, 1.807) is 25.1 Å². The average Bonchev–Trinajstić information content (AvgIpc) is 2.29. The molecule has 110 valence electrons. The lowest BCUT2D eigenvalue weighted by Crippen LogP contribution is -2.27. The molecular weight excluding hydrogens is 319 g/mol. The van der Waals surface area contributed by atoms with E-state index in [0.717, 1.165) is 5.41 Å². The van der Waals surface area contributed by atoms with Crippen molar-refractivity contribution in [1.82, 2.24) is 4.72 Å². The van der Waals surface area contributed by atoms with Crippen LogP contribution in [0.15, 0.2) is 28.6 Å². The molecule has 0 bridgehead atoms. The second kappa shape index (κ2) is 7.11. The molecule has 0 fully saturated rings. The molecule has 0 amide bonds. The zero-order valence-electron chi connectivity index (χ0n) is 11.4. The van der Waals surface area contributed by atoms with Gasteiger partial charge in [-0.2, -0.15) is 0 Å². The highest BCUT2D eigenvalue weighted by atomic mass is 35.5. The van der Waals surface area contributed by atoms with Crippen molar-refractivity contribution in [3.63, 3.8) is 0 Å². The van der Waals surface area contributed by atoms with E-state index >= 15 is 0 Å². The SMILES string of the molecule is CC(=NC(C)C)NS(=O)(=O)/C=C/c1ccc(Cl)c(Cl)c1. The molecule has 1 aromatic carbocycles. The summed E-state index contributed by atoms with van der Waals surface area (Å²) in [5, 5.41) is 1.85. The van der Waals surface area contributed by atoms with Crippen LogP contribution in [0.4, 0.5) is 0 Å². The quantitative estimate of drug-likeness (QED) is 0.673. The van der Waals surface area contributed by atoms with Crippen LogP contribution in [0.3, 0.4) is 0 Å². The van der Waals surface area contributed by atoms with E-state index in [4.69, 9.17) is 23.2 Å². The van der Waals surface area contributed by atoms with E-state index in [2.05, 4.69) is 9.71 Å². The van der Waals surface area contributed by atoms with Crippen molar-refractivity contribution in [3.8, 4) is 0 Å². The Labute approximate surface area is 129 Å². The first-order valence-corrected chi connectivity index (χ1v) is 8.20. The Hall–Kier alpha value is -1.04. The number of benzene rings is 1. The highest BCUT2D eigenvalue weighted by molar-refractivity contribution is 7.93. The molecule has 0 heterocycles. The second-order valence-corrected chi connectivity index (χ2v) is 6.81. The summed E-state index contributed by atoms with van der Waals surface area (Å²) in [6.07, 6.45) is 1.44. The number of amidine groups is 1. The predicted octanol–water partition coefficient (Wildman–Crippen LogP) is 3.71. The van der Waals surface area contributed by atoms with Crippen LogP contribution >= 0.6 is 23.2 Å². The molecule has 0 aliphatic carbocycles. The van der Waals surface area contributed by atoms with Crippen LogP contribution in [-0.2, 0) is 10.0 Å². The fourth-order valence-electron chi connectivity index (χ4n) is 1.44. The van der Waals surface area contributed by atoms with Crippen molar-refractivity contribution in [1.29, 1.82) is 0 Å². The number of halogens is 2. The standard InChI is InChI=1S/C13H16Cl2N2O2S/c1-9(2)16-10(3)17-20(18,19)7-6-11-4-5-12(14)13(15)8-11/h4-9H,1-3H3,(H,16,17)/b7-6+. The minimum atomic E-state index is -3.59. The van der Waals surface area contributed by atoms with Gasteiger partial charge >= 0.3 is 0 Å². The van der Waals surface area contributed by atoms with Crippen LogP contribution in [-0.4, -0.2) is 20.3 Å². The Morgan fingerprint density at radius 3 is 2.50 bits per heavy atom. The molecule has 4 nitrogen and oxygen atoms in total. The zero-order chi connectivity index (χ0) is 15.3. The normalized spacial score (nSPS) is 13.2. The fraction of sp³-hybridized carbons (Fsp3) is 0.308. The molecule has 0 unspecified atom stereocenters. The number of nitrogens with zero attached hydrogens (tertiary/aromatic N) is 1. The van der Waals surface area contributed by atoms with Crippen LogP contribution < -0.4 is 4.72 Å². The first kappa shape index (κ1) is 17.0. The summed E-state index contributed by atoms with van der Waals surface area (Å²) in [6.45, 7) is 5.33. The van der Waals surface area contributed by atoms with Crippen molar-refractivity contribution in [2.45, 2.75) is 26.8 Å². The van der Waals surface area contributed by atoms with Gasteiger partial charge in [-0.25, -0.2) is 8.42 Å². The van der Waals surface area contributed by atoms with Gasteiger partial charge in [-0.1, -0.05) is 29.3 Å². The summed E-state index contributed by atoms with van der Waals surface area (Å²) >= 11 is 11.6. The molecule has 7 heteroatoms. The molecular formula is C13H16Cl2N2O2S. The summed E-state index contributed by atoms with van der Waals surface area (Å²) < 4.78 is 26.0. The average molecular weight is 335 g/mol. The van der Waals surface area contributed by atoms with Crippen molar-refractivity contribution < 1.29 is 8.42 Å². The van der Waals surface area contributed by atoms with Gasteiger partial charge in [0.15, 0.2) is 0 Å². The topological polar surface area (TPSA) is 58.5 Å². The smallest absolute Gasteiger partial charge is 0.255 e. The van der Waals surface area contributed by atoms with Gasteiger partial charge in [0.25, 0.3) is 10.0 Å². The Balaban J connectivity index is 2.85. The molecule has 0 aromatic heterocycles. The Kier molecular flexibility index (Phi) is 6.05. The monoisotopic (exact) mass is 334 g/mol. The molecule has 0 atom stereocenters. The van der Waals surface area contributed by atoms with E-state index < -0.39 is 10.0 Å². The molecule has 20 heavy (non-hydrogen) atoms. The summed E-state index contributed by atoms with van der Waals surface area (Å²) in [5.74, 6) is 0.346. The third-order valence-electron chi connectivity index (χ3n) is 2.13. The zero-order valence-corrected chi connectivity index (χ0v) is 13.7. The Morgan fingerprint density at radius 2 is 1.95 bits per heavy atom. The second-order valence-electron chi connectivity index (χ2n) is 4.43. The van der Waals surface area contributed by atoms with Gasteiger partial charge in [0.2, 0.25) is 0 Å². The molecule has 0 radical (unpaired) electrons. The van der Waals surface area contributed by atoms with Gasteiger partial charge in [-0.15, -0.1) is 0 Å². The molecule has 0 saturated heterocycles. The number of nitrogens with one attached hydrogen (secondary N) is 1. The van der Waals surface area contributed by atoms with E-state index in [1.165, 1.54) is 6.08 Å². The molecule has 1 N–H and O–H groups in total. The molecule has 1 aromatic rings. The molecule has 0 saturated carbocycles. The van der Waals surface area contributed by atoms with Gasteiger partial charge in [-0.3, -0.25) is 9.71 Å². The van der Waals surface area contributed by atoms with Crippen LogP contribution in [0.2, 0.25) is 10.0 Å². The van der Waals surface area contributed by atoms with E-state index in [9.17, 15) is 8.42 Å². The highest BCUT2D eigenvalue weighted by Crippen LogP contribution is 2.23. The van der Waals surface area contributed by atoms with Gasteiger partial charge in [-0.05, 0) is 44.5 Å². The summed E-state index contributed by atoms with van der Waals surface area (Å²) in [5.41, 5.74) is 0.642. The minimum absolute atomic E-state index is 0.0248. The van der Waals surface area contributed by atoms with Gasteiger partial charge in [0.1, 0.15) is 5.84 Å². The minimum Gasteiger partial charge on any atom is -0.269 e. The maximum absolute atomic E-state index is 11.8.